The molecule has 3 rings (SSSR count). The molecule has 0 radical (unpaired) electrons. The number of hydrogen-bond donors (Lipinski definition) is 1. The molecule has 1 aliphatic heterocycles. The normalized spacial score (nSPS) is 15.9. The molecule has 0 unspecified atom stereocenters. The molecule has 7 nitrogen and oxygen atoms in total. The predicted molar refractivity (Wildman–Crippen MR) is 106 cm³/mol. The summed E-state index contributed by atoms with van der Waals surface area (Å²) < 4.78 is 26.2. The summed E-state index contributed by atoms with van der Waals surface area (Å²) in [4.78, 5) is 26.2. The molecule has 2 amide bonds. The van der Waals surface area contributed by atoms with Crippen molar-refractivity contribution in [3.8, 4) is 0 Å². The van der Waals surface area contributed by atoms with Gasteiger partial charge in [-0.15, -0.1) is 11.3 Å². The molecule has 27 heavy (non-hydrogen) atoms. The van der Waals surface area contributed by atoms with Gasteiger partial charge in [0.2, 0.25) is 5.91 Å². The maximum absolute atomic E-state index is 12.5. The number of carbonyl (C=O) groups excluding carboxylic acids is 2. The molecule has 2 aromatic rings. The van der Waals surface area contributed by atoms with E-state index in [9.17, 15) is 18.0 Å². The second-order valence-electron chi connectivity index (χ2n) is 6.33. The van der Waals surface area contributed by atoms with Gasteiger partial charge in [0.1, 0.15) is 4.21 Å². The molecule has 0 spiro atoms. The summed E-state index contributed by atoms with van der Waals surface area (Å²) in [6.45, 7) is 0.812. The van der Waals surface area contributed by atoms with E-state index < -0.39 is 10.0 Å². The molecule has 0 aromatic carbocycles. The summed E-state index contributed by atoms with van der Waals surface area (Å²) in [7, 11) is -2.22. The topological polar surface area (TPSA) is 86.8 Å². The first kappa shape index (κ1) is 20.0. The first-order chi connectivity index (χ1) is 12.9. The highest BCUT2D eigenvalue weighted by molar-refractivity contribution is 7.91. The zero-order valence-corrected chi connectivity index (χ0v) is 17.3. The van der Waals surface area contributed by atoms with Crippen LogP contribution < -0.4 is 5.32 Å². The van der Waals surface area contributed by atoms with Crippen molar-refractivity contribution < 1.29 is 18.0 Å². The zero-order valence-electron chi connectivity index (χ0n) is 14.8. The Morgan fingerprint density at radius 3 is 2.59 bits per heavy atom. The third-order valence-corrected chi connectivity index (χ3v) is 8.34. The van der Waals surface area contributed by atoms with E-state index >= 15 is 0 Å². The highest BCUT2D eigenvalue weighted by Crippen LogP contribution is 2.20. The number of nitrogens with one attached hydrogen (secondary N) is 1. The van der Waals surface area contributed by atoms with Crippen LogP contribution in [0.25, 0.3) is 0 Å². The van der Waals surface area contributed by atoms with Crippen LogP contribution in [0.1, 0.15) is 23.2 Å². The average Bonchev–Trinajstić information content (AvgIpc) is 3.36. The number of carbonyl (C=O) groups is 2. The summed E-state index contributed by atoms with van der Waals surface area (Å²) in [5.41, 5.74) is 0.652. The Morgan fingerprint density at radius 2 is 2.00 bits per heavy atom. The molecule has 1 aliphatic rings. The van der Waals surface area contributed by atoms with Crippen molar-refractivity contribution >= 4 is 44.5 Å². The van der Waals surface area contributed by atoms with Gasteiger partial charge in [-0.1, -0.05) is 6.07 Å². The van der Waals surface area contributed by atoms with Crippen molar-refractivity contribution in [2.45, 2.75) is 23.1 Å². The quantitative estimate of drug-likeness (QED) is 0.762. The van der Waals surface area contributed by atoms with Gasteiger partial charge >= 0.3 is 0 Å². The van der Waals surface area contributed by atoms with E-state index in [-0.39, 0.29) is 28.6 Å². The van der Waals surface area contributed by atoms with Gasteiger partial charge in [-0.2, -0.15) is 15.6 Å². The highest BCUT2D eigenvalue weighted by Gasteiger charge is 2.28. The van der Waals surface area contributed by atoms with Gasteiger partial charge in [0, 0.05) is 37.1 Å². The Balaban J connectivity index is 1.49. The molecule has 1 saturated heterocycles. The summed E-state index contributed by atoms with van der Waals surface area (Å²) in [6.07, 6.45) is 1.31. The van der Waals surface area contributed by atoms with Gasteiger partial charge in [-0.25, -0.2) is 8.42 Å². The van der Waals surface area contributed by atoms with Crippen LogP contribution in [-0.4, -0.2) is 62.2 Å². The molecule has 0 bridgehead atoms. The number of likely N-dealkylation sites (tertiary alicyclic amines) is 1. The van der Waals surface area contributed by atoms with Crippen molar-refractivity contribution in [2.24, 2.45) is 0 Å². The van der Waals surface area contributed by atoms with E-state index in [0.29, 0.717) is 31.5 Å². The van der Waals surface area contributed by atoms with E-state index in [1.807, 2.05) is 5.38 Å². The minimum Gasteiger partial charge on any atom is -0.349 e. The Bertz CT molecular complexity index is 871. The summed E-state index contributed by atoms with van der Waals surface area (Å²) in [6, 6.07) is 5.00. The average molecular weight is 428 g/mol. The van der Waals surface area contributed by atoms with E-state index in [1.165, 1.54) is 24.5 Å². The van der Waals surface area contributed by atoms with Crippen LogP contribution in [0.5, 0.6) is 0 Å². The number of rotatable bonds is 6. The number of likely N-dealkylation sites (N-methyl/N-ethyl adjacent to an activating group) is 1. The molecule has 1 fully saturated rings. The van der Waals surface area contributed by atoms with Crippen LogP contribution in [0.4, 0.5) is 0 Å². The molecule has 0 atom stereocenters. The summed E-state index contributed by atoms with van der Waals surface area (Å²) in [5, 5.41) is 8.34. The minimum atomic E-state index is -3.63. The van der Waals surface area contributed by atoms with E-state index in [0.717, 1.165) is 15.6 Å². The molecule has 2 aromatic heterocycles. The van der Waals surface area contributed by atoms with E-state index in [2.05, 4.69) is 5.32 Å². The monoisotopic (exact) mass is 427 g/mol. The Morgan fingerprint density at radius 1 is 1.26 bits per heavy atom. The third-order valence-electron chi connectivity index (χ3n) is 4.48. The van der Waals surface area contributed by atoms with Crippen LogP contribution in [0, 0.1) is 0 Å². The van der Waals surface area contributed by atoms with Crippen molar-refractivity contribution in [3.05, 3.63) is 39.9 Å². The number of hydrogen-bond acceptors (Lipinski definition) is 6. The first-order valence-electron chi connectivity index (χ1n) is 8.48. The standard InChI is InChI=1S/C17H21N3O4S3/c1-19(27(23,24)16-3-2-9-26-16)11-15(21)20-7-4-14(5-8-20)18-17(22)13-6-10-25-12-13/h2-3,6,9-10,12,14H,4-5,7-8,11H2,1H3,(H,18,22). The minimum absolute atomic E-state index is 0.0223. The van der Waals surface area contributed by atoms with E-state index in [1.54, 1.807) is 27.8 Å². The molecular formula is C17H21N3O4S3. The summed E-state index contributed by atoms with van der Waals surface area (Å²) in [5.74, 6) is -0.317. The lowest BCUT2D eigenvalue weighted by Gasteiger charge is -2.33. The van der Waals surface area contributed by atoms with Crippen molar-refractivity contribution in [1.82, 2.24) is 14.5 Å². The largest absolute Gasteiger partial charge is 0.349 e. The van der Waals surface area contributed by atoms with Gasteiger partial charge < -0.3 is 10.2 Å². The first-order valence-corrected chi connectivity index (χ1v) is 11.7. The zero-order chi connectivity index (χ0) is 19.4. The molecule has 146 valence electrons. The van der Waals surface area contributed by atoms with Crippen molar-refractivity contribution in [3.63, 3.8) is 0 Å². The van der Waals surface area contributed by atoms with E-state index in [4.69, 9.17) is 0 Å². The number of nitrogens with zero attached hydrogens (tertiary/aromatic N) is 2. The van der Waals surface area contributed by atoms with Crippen LogP contribution >= 0.6 is 22.7 Å². The molecule has 10 heteroatoms. The maximum Gasteiger partial charge on any atom is 0.252 e. The second kappa shape index (κ2) is 8.51. The fourth-order valence-corrected chi connectivity index (χ4v) is 5.83. The molecule has 0 aliphatic carbocycles. The smallest absolute Gasteiger partial charge is 0.252 e. The molecule has 1 N–H and O–H groups in total. The van der Waals surface area contributed by atoms with Crippen LogP contribution in [0.15, 0.2) is 38.5 Å². The van der Waals surface area contributed by atoms with Crippen LogP contribution in [0.2, 0.25) is 0 Å². The lowest BCUT2D eigenvalue weighted by atomic mass is 10.0. The maximum atomic E-state index is 12.5. The molecule has 3 heterocycles. The number of thiophene rings is 2. The SMILES string of the molecule is CN(CC(=O)N1CCC(NC(=O)c2ccsc2)CC1)S(=O)(=O)c1cccs1. The lowest BCUT2D eigenvalue weighted by molar-refractivity contribution is -0.132. The van der Waals surface area contributed by atoms with Gasteiger partial charge in [-0.05, 0) is 35.7 Å². The predicted octanol–water partition coefficient (Wildman–Crippen LogP) is 1.85. The van der Waals surface area contributed by atoms with Crippen molar-refractivity contribution in [2.75, 3.05) is 26.7 Å². The Labute approximate surface area is 166 Å². The third kappa shape index (κ3) is 4.75. The number of sulfonamides is 1. The van der Waals surface area contributed by atoms with Crippen LogP contribution in [-0.2, 0) is 14.8 Å². The highest BCUT2D eigenvalue weighted by atomic mass is 32.2. The van der Waals surface area contributed by atoms with Gasteiger partial charge in [0.25, 0.3) is 15.9 Å². The fourth-order valence-electron chi connectivity index (χ4n) is 2.87. The van der Waals surface area contributed by atoms with Crippen molar-refractivity contribution in [1.29, 1.82) is 0 Å². The second-order valence-corrected chi connectivity index (χ2v) is 10.3. The van der Waals surface area contributed by atoms with Crippen LogP contribution in [0.3, 0.4) is 0 Å². The van der Waals surface area contributed by atoms with Gasteiger partial charge in [0.15, 0.2) is 0 Å². The molecule has 0 saturated carbocycles. The van der Waals surface area contributed by atoms with Gasteiger partial charge in [-0.3, -0.25) is 9.59 Å². The number of piperidine rings is 1. The summed E-state index contributed by atoms with van der Waals surface area (Å²) >= 11 is 2.61. The Hall–Kier alpha value is -1.75. The molecular weight excluding hydrogens is 406 g/mol. The number of amides is 2. The Kier molecular flexibility index (Phi) is 6.30. The fraction of sp³-hybridized carbons (Fsp3) is 0.412. The van der Waals surface area contributed by atoms with Gasteiger partial charge in [0.05, 0.1) is 6.54 Å². The lowest BCUT2D eigenvalue weighted by Crippen LogP contribution is -2.49.